The first kappa shape index (κ1) is 17.6. The Hall–Kier alpha value is -2.50. The highest BCUT2D eigenvalue weighted by atomic mass is 32.1. The molecular weight excluding hydrogens is 366 g/mol. The molecule has 1 fully saturated rings. The zero-order valence-corrected chi connectivity index (χ0v) is 16.8. The first-order valence-corrected chi connectivity index (χ1v) is 10.7. The molecule has 0 N–H and O–H groups in total. The van der Waals surface area contributed by atoms with Gasteiger partial charge in [0.25, 0.3) is 0 Å². The predicted molar refractivity (Wildman–Crippen MR) is 113 cm³/mol. The Balaban J connectivity index is 1.42. The number of fused-ring (bicyclic) bond motifs is 3. The second kappa shape index (κ2) is 7.15. The summed E-state index contributed by atoms with van der Waals surface area (Å²) in [7, 11) is 0. The molecule has 5 heteroatoms. The van der Waals surface area contributed by atoms with Crippen molar-refractivity contribution in [1.82, 2.24) is 9.88 Å². The van der Waals surface area contributed by atoms with E-state index in [-0.39, 0.29) is 5.91 Å². The first-order valence-electron chi connectivity index (χ1n) is 9.82. The summed E-state index contributed by atoms with van der Waals surface area (Å²) in [5.41, 5.74) is 6.41. The van der Waals surface area contributed by atoms with E-state index in [1.807, 2.05) is 4.90 Å². The summed E-state index contributed by atoms with van der Waals surface area (Å²) in [6.07, 6.45) is 2.18. The summed E-state index contributed by atoms with van der Waals surface area (Å²) in [5.74, 6) is 0.0982. The Kier molecular flexibility index (Phi) is 4.49. The van der Waals surface area contributed by atoms with Crippen molar-refractivity contribution in [3.63, 3.8) is 0 Å². The first-order chi connectivity index (χ1) is 13.7. The Bertz CT molecular complexity index is 976. The fourth-order valence-corrected chi connectivity index (χ4v) is 5.01. The van der Waals surface area contributed by atoms with Gasteiger partial charge in [-0.15, -0.1) is 11.3 Å². The molecule has 28 heavy (non-hydrogen) atoms. The van der Waals surface area contributed by atoms with Crippen molar-refractivity contribution < 1.29 is 4.79 Å². The standard InChI is InChI=1S/C23H23N3OS/c1-16(27)26(20-10-11-20)23-24-19(15-28-23)14-25-12-17-6-2-4-8-21(17)22-9-5-3-7-18(22)13-25/h2-9,15,20H,10-14H2,1H3. The van der Waals surface area contributed by atoms with Gasteiger partial charge in [-0.05, 0) is 35.1 Å². The number of thiazole rings is 1. The van der Waals surface area contributed by atoms with Gasteiger partial charge >= 0.3 is 0 Å². The maximum Gasteiger partial charge on any atom is 0.225 e. The van der Waals surface area contributed by atoms with E-state index in [1.54, 1.807) is 18.3 Å². The highest BCUT2D eigenvalue weighted by molar-refractivity contribution is 7.14. The van der Waals surface area contributed by atoms with Gasteiger partial charge in [-0.1, -0.05) is 48.5 Å². The normalized spacial score (nSPS) is 16.2. The Morgan fingerprint density at radius 2 is 1.68 bits per heavy atom. The minimum absolute atomic E-state index is 0.0982. The summed E-state index contributed by atoms with van der Waals surface area (Å²) < 4.78 is 0. The molecular formula is C23H23N3OS. The van der Waals surface area contributed by atoms with Crippen LogP contribution in [0.2, 0.25) is 0 Å². The quantitative estimate of drug-likeness (QED) is 0.641. The SMILES string of the molecule is CC(=O)N(c1nc(CN2Cc3ccccc3-c3ccccc3C2)cs1)C1CC1. The zero-order chi connectivity index (χ0) is 19.1. The lowest BCUT2D eigenvalue weighted by molar-refractivity contribution is -0.116. The van der Waals surface area contributed by atoms with Gasteiger partial charge in [0.1, 0.15) is 0 Å². The maximum atomic E-state index is 12.0. The van der Waals surface area contributed by atoms with Crippen LogP contribution in [0.15, 0.2) is 53.9 Å². The molecule has 1 aliphatic heterocycles. The smallest absolute Gasteiger partial charge is 0.225 e. The van der Waals surface area contributed by atoms with E-state index in [0.717, 1.165) is 43.3 Å². The van der Waals surface area contributed by atoms with E-state index in [9.17, 15) is 4.79 Å². The molecule has 2 aliphatic rings. The van der Waals surface area contributed by atoms with Crippen molar-refractivity contribution >= 4 is 22.4 Å². The molecule has 4 nitrogen and oxygen atoms in total. The molecule has 0 unspecified atom stereocenters. The number of amides is 1. The summed E-state index contributed by atoms with van der Waals surface area (Å²) in [4.78, 5) is 21.2. The lowest BCUT2D eigenvalue weighted by atomic mass is 9.97. The third-order valence-electron chi connectivity index (χ3n) is 5.50. The van der Waals surface area contributed by atoms with Gasteiger partial charge in [0, 0.05) is 38.0 Å². The minimum Gasteiger partial charge on any atom is -0.289 e. The van der Waals surface area contributed by atoms with Crippen LogP contribution in [0.5, 0.6) is 0 Å². The van der Waals surface area contributed by atoms with Crippen LogP contribution >= 0.6 is 11.3 Å². The predicted octanol–water partition coefficient (Wildman–Crippen LogP) is 4.84. The number of aromatic nitrogens is 1. The average Bonchev–Trinajstić information content (AvgIpc) is 3.43. The lowest BCUT2D eigenvalue weighted by Crippen LogP contribution is -2.30. The fourth-order valence-electron chi connectivity index (χ4n) is 4.08. The molecule has 2 aromatic carbocycles. The number of benzene rings is 2. The molecule has 1 aromatic heterocycles. The number of nitrogens with zero attached hydrogens (tertiary/aromatic N) is 3. The van der Waals surface area contributed by atoms with Crippen molar-refractivity contribution in [3.8, 4) is 11.1 Å². The van der Waals surface area contributed by atoms with Crippen molar-refractivity contribution in [1.29, 1.82) is 0 Å². The van der Waals surface area contributed by atoms with Gasteiger partial charge in [-0.2, -0.15) is 0 Å². The maximum absolute atomic E-state index is 12.0. The summed E-state index contributed by atoms with van der Waals surface area (Å²) in [6.45, 7) is 4.23. The molecule has 0 saturated heterocycles. The molecule has 1 amide bonds. The molecule has 142 valence electrons. The van der Waals surface area contributed by atoms with Gasteiger partial charge in [-0.3, -0.25) is 14.6 Å². The number of carbonyl (C=O) groups excluding carboxylic acids is 1. The van der Waals surface area contributed by atoms with Crippen LogP contribution < -0.4 is 4.90 Å². The van der Waals surface area contributed by atoms with E-state index in [1.165, 1.54) is 22.3 Å². The number of hydrogen-bond donors (Lipinski definition) is 0. The molecule has 0 bridgehead atoms. The Labute approximate surface area is 169 Å². The number of rotatable bonds is 4. The zero-order valence-electron chi connectivity index (χ0n) is 16.0. The van der Waals surface area contributed by atoms with E-state index in [2.05, 4.69) is 58.8 Å². The second-order valence-electron chi connectivity index (χ2n) is 7.70. The highest BCUT2D eigenvalue weighted by Crippen LogP contribution is 2.35. The van der Waals surface area contributed by atoms with Gasteiger partial charge < -0.3 is 0 Å². The third kappa shape index (κ3) is 3.36. The highest BCUT2D eigenvalue weighted by Gasteiger charge is 2.33. The van der Waals surface area contributed by atoms with Gasteiger partial charge in [0.15, 0.2) is 5.13 Å². The van der Waals surface area contributed by atoms with Crippen LogP contribution in [0.3, 0.4) is 0 Å². The summed E-state index contributed by atoms with van der Waals surface area (Å²) in [5, 5.41) is 2.96. The molecule has 1 saturated carbocycles. The van der Waals surface area contributed by atoms with Crippen molar-refractivity contribution in [2.45, 2.75) is 45.4 Å². The van der Waals surface area contributed by atoms with Crippen LogP contribution in [0.1, 0.15) is 36.6 Å². The minimum atomic E-state index is 0.0982. The average molecular weight is 390 g/mol. The third-order valence-corrected chi connectivity index (χ3v) is 6.38. The van der Waals surface area contributed by atoms with Crippen molar-refractivity contribution in [2.24, 2.45) is 0 Å². The molecule has 0 atom stereocenters. The molecule has 1 aliphatic carbocycles. The summed E-state index contributed by atoms with van der Waals surface area (Å²) in [6, 6.07) is 17.7. The van der Waals surface area contributed by atoms with E-state index in [0.29, 0.717) is 6.04 Å². The largest absolute Gasteiger partial charge is 0.289 e. The fraction of sp³-hybridized carbons (Fsp3) is 0.304. The van der Waals surface area contributed by atoms with Gasteiger partial charge in [-0.25, -0.2) is 4.98 Å². The van der Waals surface area contributed by atoms with Crippen molar-refractivity contribution in [2.75, 3.05) is 4.90 Å². The van der Waals surface area contributed by atoms with E-state index in [4.69, 9.17) is 4.98 Å². The van der Waals surface area contributed by atoms with Gasteiger partial charge in [0.2, 0.25) is 5.91 Å². The lowest BCUT2D eigenvalue weighted by Gasteiger charge is -2.20. The molecule has 0 radical (unpaired) electrons. The van der Waals surface area contributed by atoms with Crippen molar-refractivity contribution in [3.05, 3.63) is 70.7 Å². The van der Waals surface area contributed by atoms with E-state index < -0.39 is 0 Å². The van der Waals surface area contributed by atoms with Crippen LogP contribution in [0.25, 0.3) is 11.1 Å². The molecule has 0 spiro atoms. The Morgan fingerprint density at radius 3 is 2.25 bits per heavy atom. The topological polar surface area (TPSA) is 36.4 Å². The van der Waals surface area contributed by atoms with Gasteiger partial charge in [0.05, 0.1) is 5.69 Å². The molecule has 2 heterocycles. The second-order valence-corrected chi connectivity index (χ2v) is 8.54. The number of carbonyl (C=O) groups is 1. The molecule has 5 rings (SSSR count). The van der Waals surface area contributed by atoms with Crippen LogP contribution in [0.4, 0.5) is 5.13 Å². The molecule has 3 aromatic rings. The van der Waals surface area contributed by atoms with Crippen LogP contribution in [-0.2, 0) is 24.4 Å². The van der Waals surface area contributed by atoms with E-state index >= 15 is 0 Å². The monoisotopic (exact) mass is 389 g/mol. The number of hydrogen-bond acceptors (Lipinski definition) is 4. The Morgan fingerprint density at radius 1 is 1.07 bits per heavy atom. The van der Waals surface area contributed by atoms with Crippen LogP contribution in [-0.4, -0.2) is 21.8 Å². The number of anilines is 1. The summed E-state index contributed by atoms with van der Waals surface area (Å²) >= 11 is 1.59. The van der Waals surface area contributed by atoms with Crippen LogP contribution in [0, 0.1) is 0 Å².